The molecule has 2 nitrogen and oxygen atoms in total. The van der Waals surface area contributed by atoms with E-state index in [0.717, 1.165) is 63.4 Å². The van der Waals surface area contributed by atoms with E-state index in [9.17, 15) is 13.2 Å². The topological polar surface area (TPSA) is 18.5 Å². The SMILES string of the molecule is C=CCOc1ccc(C2CCC(CCc3ccc(C4CCC(OCC)CC4)c(F)c3F)CC2)cc1F. The largest absolute Gasteiger partial charge is 0.486 e. The molecule has 2 aromatic rings. The van der Waals surface area contributed by atoms with E-state index >= 15 is 0 Å². The van der Waals surface area contributed by atoms with Crippen molar-refractivity contribution in [2.75, 3.05) is 13.2 Å². The highest BCUT2D eigenvalue weighted by molar-refractivity contribution is 5.32. The minimum absolute atomic E-state index is 0.0768. The van der Waals surface area contributed by atoms with Crippen molar-refractivity contribution < 1.29 is 22.6 Å². The average molecular weight is 501 g/mol. The molecule has 2 aromatic carbocycles. The molecule has 2 aliphatic carbocycles. The molecule has 0 spiro atoms. The molecule has 2 aliphatic rings. The summed E-state index contributed by atoms with van der Waals surface area (Å²) in [4.78, 5) is 0. The average Bonchev–Trinajstić information content (AvgIpc) is 2.90. The summed E-state index contributed by atoms with van der Waals surface area (Å²) >= 11 is 0. The van der Waals surface area contributed by atoms with Crippen molar-refractivity contribution in [3.63, 3.8) is 0 Å². The molecule has 0 bridgehead atoms. The van der Waals surface area contributed by atoms with Crippen LogP contribution in [-0.4, -0.2) is 19.3 Å². The Hall–Kier alpha value is -2.27. The van der Waals surface area contributed by atoms with Crippen LogP contribution in [0.5, 0.6) is 5.75 Å². The Bertz CT molecular complexity index is 1010. The van der Waals surface area contributed by atoms with Gasteiger partial charge < -0.3 is 9.47 Å². The molecule has 0 aliphatic heterocycles. The van der Waals surface area contributed by atoms with E-state index in [1.165, 1.54) is 0 Å². The van der Waals surface area contributed by atoms with E-state index in [1.807, 2.05) is 19.1 Å². The maximum Gasteiger partial charge on any atom is 0.165 e. The van der Waals surface area contributed by atoms with Crippen LogP contribution in [0.25, 0.3) is 0 Å². The first kappa shape index (κ1) is 26.8. The Morgan fingerprint density at radius 1 is 0.889 bits per heavy atom. The van der Waals surface area contributed by atoms with Crippen LogP contribution in [-0.2, 0) is 11.2 Å². The van der Waals surface area contributed by atoms with Gasteiger partial charge in [-0.25, -0.2) is 13.2 Å². The van der Waals surface area contributed by atoms with Crippen LogP contribution in [0.15, 0.2) is 43.0 Å². The van der Waals surface area contributed by atoms with E-state index < -0.39 is 11.6 Å². The van der Waals surface area contributed by atoms with E-state index in [1.54, 1.807) is 24.3 Å². The Kier molecular flexibility index (Phi) is 9.53. The first-order chi connectivity index (χ1) is 17.5. The molecule has 0 N–H and O–H groups in total. The molecule has 0 atom stereocenters. The van der Waals surface area contributed by atoms with Crippen molar-refractivity contribution in [1.29, 1.82) is 0 Å². The number of rotatable bonds is 10. The first-order valence-corrected chi connectivity index (χ1v) is 13.6. The maximum atomic E-state index is 15.0. The van der Waals surface area contributed by atoms with Crippen molar-refractivity contribution in [2.24, 2.45) is 5.92 Å². The molecule has 2 saturated carbocycles. The molecule has 4 rings (SSSR count). The lowest BCUT2D eigenvalue weighted by molar-refractivity contribution is 0.0325. The second-order valence-electron chi connectivity index (χ2n) is 10.4. The fourth-order valence-corrected chi connectivity index (χ4v) is 6.07. The van der Waals surface area contributed by atoms with Crippen molar-refractivity contribution >= 4 is 0 Å². The number of halogens is 3. The van der Waals surface area contributed by atoms with Crippen molar-refractivity contribution in [3.8, 4) is 5.75 Å². The zero-order valence-electron chi connectivity index (χ0n) is 21.4. The number of hydrogen-bond donors (Lipinski definition) is 0. The van der Waals surface area contributed by atoms with Gasteiger partial charge >= 0.3 is 0 Å². The maximum absolute atomic E-state index is 15.0. The summed E-state index contributed by atoms with van der Waals surface area (Å²) in [6.45, 7) is 6.56. The first-order valence-electron chi connectivity index (χ1n) is 13.6. The van der Waals surface area contributed by atoms with E-state index in [2.05, 4.69) is 6.58 Å². The van der Waals surface area contributed by atoms with Crippen molar-refractivity contribution in [2.45, 2.75) is 89.1 Å². The van der Waals surface area contributed by atoms with Gasteiger partial charge in [0.2, 0.25) is 0 Å². The molecule has 0 aromatic heterocycles. The molecule has 36 heavy (non-hydrogen) atoms. The van der Waals surface area contributed by atoms with E-state index in [4.69, 9.17) is 9.47 Å². The lowest BCUT2D eigenvalue weighted by Gasteiger charge is -2.29. The molecule has 2 fully saturated rings. The zero-order valence-corrected chi connectivity index (χ0v) is 21.4. The van der Waals surface area contributed by atoms with Gasteiger partial charge in [0, 0.05) is 6.61 Å². The highest BCUT2D eigenvalue weighted by atomic mass is 19.2. The summed E-state index contributed by atoms with van der Waals surface area (Å²) in [6.07, 6.45) is 10.8. The van der Waals surface area contributed by atoms with Crippen LogP contribution >= 0.6 is 0 Å². The number of ether oxygens (including phenoxy) is 2. The normalized spacial score (nSPS) is 24.4. The molecule has 5 heteroatoms. The fraction of sp³-hybridized carbons (Fsp3) is 0.548. The highest BCUT2D eigenvalue weighted by Gasteiger charge is 2.27. The third kappa shape index (κ3) is 6.53. The lowest BCUT2D eigenvalue weighted by Crippen LogP contribution is -2.21. The standard InChI is InChI=1S/C31H39F3O2/c1-3-19-36-29-18-14-25(20-28(29)32)22-8-5-21(6-9-22)7-10-24-13-17-27(31(34)30(24)33)23-11-15-26(16-12-23)35-4-2/h3,13-14,17-18,20-23,26H,1,4-12,15-16,19H2,2H3. The molecular formula is C31H39F3O2. The molecule has 0 amide bonds. The molecule has 0 heterocycles. The monoisotopic (exact) mass is 500 g/mol. The Labute approximate surface area is 213 Å². The van der Waals surface area contributed by atoms with Gasteiger partial charge in [0.1, 0.15) is 6.61 Å². The van der Waals surface area contributed by atoms with Gasteiger partial charge in [0.05, 0.1) is 6.10 Å². The van der Waals surface area contributed by atoms with Crippen LogP contribution in [0.2, 0.25) is 0 Å². The number of benzene rings is 2. The summed E-state index contributed by atoms with van der Waals surface area (Å²) in [6, 6.07) is 8.86. The minimum Gasteiger partial charge on any atom is -0.486 e. The molecule has 0 radical (unpaired) electrons. The van der Waals surface area contributed by atoms with Crippen LogP contribution in [0.1, 0.15) is 93.2 Å². The Balaban J connectivity index is 1.27. The summed E-state index contributed by atoms with van der Waals surface area (Å²) in [5.74, 6) is -0.507. The predicted molar refractivity (Wildman–Crippen MR) is 138 cm³/mol. The van der Waals surface area contributed by atoms with Crippen molar-refractivity contribution in [1.82, 2.24) is 0 Å². The van der Waals surface area contributed by atoms with Gasteiger partial charge in [0.25, 0.3) is 0 Å². The van der Waals surface area contributed by atoms with Gasteiger partial charge in [0.15, 0.2) is 23.2 Å². The summed E-state index contributed by atoms with van der Waals surface area (Å²) in [7, 11) is 0. The second-order valence-corrected chi connectivity index (χ2v) is 10.4. The van der Waals surface area contributed by atoms with Gasteiger partial charge in [-0.15, -0.1) is 0 Å². The number of aryl methyl sites for hydroxylation is 1. The molecular weight excluding hydrogens is 461 g/mol. The number of hydrogen-bond acceptors (Lipinski definition) is 2. The summed E-state index contributed by atoms with van der Waals surface area (Å²) < 4.78 is 55.3. The third-order valence-corrected chi connectivity index (χ3v) is 8.16. The zero-order chi connectivity index (χ0) is 25.5. The molecule has 0 saturated heterocycles. The predicted octanol–water partition coefficient (Wildman–Crippen LogP) is 8.64. The van der Waals surface area contributed by atoms with Crippen molar-refractivity contribution in [3.05, 3.63) is 77.1 Å². The smallest absolute Gasteiger partial charge is 0.165 e. The highest BCUT2D eigenvalue weighted by Crippen LogP contribution is 2.40. The minimum atomic E-state index is -0.664. The Morgan fingerprint density at radius 2 is 1.61 bits per heavy atom. The van der Waals surface area contributed by atoms with Gasteiger partial charge in [-0.1, -0.05) is 30.9 Å². The third-order valence-electron chi connectivity index (χ3n) is 8.16. The summed E-state index contributed by atoms with van der Waals surface area (Å²) in [5.41, 5.74) is 2.02. The fourth-order valence-electron chi connectivity index (χ4n) is 6.07. The quantitative estimate of drug-likeness (QED) is 0.304. The molecule has 196 valence electrons. The molecule has 0 unspecified atom stereocenters. The second kappa shape index (κ2) is 12.8. The van der Waals surface area contributed by atoms with Gasteiger partial charge in [-0.05, 0) is 118 Å². The summed E-state index contributed by atoms with van der Waals surface area (Å²) in [5, 5.41) is 0. The van der Waals surface area contributed by atoms with Gasteiger partial charge in [-0.3, -0.25) is 0 Å². The van der Waals surface area contributed by atoms with Crippen LogP contribution in [0.3, 0.4) is 0 Å². The van der Waals surface area contributed by atoms with Crippen LogP contribution in [0.4, 0.5) is 13.2 Å². The van der Waals surface area contributed by atoms with E-state index in [0.29, 0.717) is 36.0 Å². The van der Waals surface area contributed by atoms with Crippen LogP contribution < -0.4 is 4.74 Å². The lowest BCUT2D eigenvalue weighted by atomic mass is 9.76. The van der Waals surface area contributed by atoms with Gasteiger partial charge in [-0.2, -0.15) is 0 Å². The van der Waals surface area contributed by atoms with E-state index in [-0.39, 0.29) is 30.2 Å². The van der Waals surface area contributed by atoms with Crippen LogP contribution in [0, 0.1) is 23.4 Å². The Morgan fingerprint density at radius 3 is 2.28 bits per heavy atom.